The second-order valence-corrected chi connectivity index (χ2v) is 9.41. The van der Waals surface area contributed by atoms with E-state index in [1.807, 2.05) is 51.1 Å². The molecule has 1 aromatic heterocycles. The molecule has 0 unspecified atom stereocenters. The van der Waals surface area contributed by atoms with E-state index in [0.29, 0.717) is 5.69 Å². The molecule has 4 amide bonds. The minimum atomic E-state index is -0.764. The number of halogens is 1. The maximum Gasteiger partial charge on any atom is 0.335 e. The molecule has 1 saturated heterocycles. The standard InChI is InChI=1S/C28H22BrN3O3/c1-16-13-21(11-12-24(16)29)32-27(34)23(26(33)30-28(32)35)15-20-14-17(2)31(18(20)3)25-10-6-8-19-7-4-5-9-22(19)25/h4-15H,1-3H3,(H,30,33,35)/b23-15+. The van der Waals surface area contributed by atoms with Crippen LogP contribution in [0.4, 0.5) is 10.5 Å². The number of carbonyl (C=O) groups is 3. The molecule has 0 saturated carbocycles. The van der Waals surface area contributed by atoms with Crippen LogP contribution in [0, 0.1) is 20.8 Å². The Morgan fingerprint density at radius 2 is 1.63 bits per heavy atom. The molecule has 6 nitrogen and oxygen atoms in total. The smallest absolute Gasteiger partial charge is 0.317 e. The number of anilines is 1. The Labute approximate surface area is 211 Å². The van der Waals surface area contributed by atoms with Crippen LogP contribution in [-0.2, 0) is 9.59 Å². The van der Waals surface area contributed by atoms with Crippen LogP contribution < -0.4 is 10.2 Å². The van der Waals surface area contributed by atoms with E-state index in [9.17, 15) is 14.4 Å². The summed E-state index contributed by atoms with van der Waals surface area (Å²) in [4.78, 5) is 39.6. The monoisotopic (exact) mass is 527 g/mol. The largest absolute Gasteiger partial charge is 0.335 e. The van der Waals surface area contributed by atoms with Gasteiger partial charge < -0.3 is 4.57 Å². The van der Waals surface area contributed by atoms with Gasteiger partial charge in [0.1, 0.15) is 5.57 Å². The van der Waals surface area contributed by atoms with Crippen LogP contribution in [-0.4, -0.2) is 22.4 Å². The molecule has 174 valence electrons. The van der Waals surface area contributed by atoms with Crippen molar-refractivity contribution in [3.63, 3.8) is 0 Å². The highest BCUT2D eigenvalue weighted by Crippen LogP contribution is 2.30. The van der Waals surface area contributed by atoms with Crippen molar-refractivity contribution in [1.29, 1.82) is 0 Å². The number of aromatic nitrogens is 1. The number of rotatable bonds is 3. The number of nitrogens with zero attached hydrogens (tertiary/aromatic N) is 2. The Morgan fingerprint density at radius 1 is 0.886 bits per heavy atom. The van der Waals surface area contributed by atoms with Gasteiger partial charge in [0.15, 0.2) is 0 Å². The van der Waals surface area contributed by atoms with Gasteiger partial charge in [0.25, 0.3) is 11.8 Å². The quantitative estimate of drug-likeness (QED) is 0.263. The third kappa shape index (κ3) is 3.88. The number of benzene rings is 3. The first-order valence-corrected chi connectivity index (χ1v) is 11.9. The van der Waals surface area contributed by atoms with E-state index in [1.54, 1.807) is 24.3 Å². The predicted molar refractivity (Wildman–Crippen MR) is 141 cm³/mol. The summed E-state index contributed by atoms with van der Waals surface area (Å²) in [6.07, 6.45) is 1.56. The molecule has 7 heteroatoms. The summed E-state index contributed by atoms with van der Waals surface area (Å²) in [6, 6.07) is 20.6. The minimum Gasteiger partial charge on any atom is -0.317 e. The third-order valence-electron chi connectivity index (χ3n) is 6.28. The molecule has 0 aliphatic carbocycles. The summed E-state index contributed by atoms with van der Waals surface area (Å²) in [7, 11) is 0. The third-order valence-corrected chi connectivity index (χ3v) is 7.17. The highest BCUT2D eigenvalue weighted by molar-refractivity contribution is 9.10. The molecule has 1 aliphatic heterocycles. The van der Waals surface area contributed by atoms with Crippen LogP contribution in [0.15, 0.2) is 76.8 Å². The Bertz CT molecular complexity index is 1580. The Kier molecular flexibility index (Phi) is 5.65. The Hall–Kier alpha value is -3.97. The zero-order valence-electron chi connectivity index (χ0n) is 19.4. The van der Waals surface area contributed by atoms with E-state index in [0.717, 1.165) is 48.3 Å². The van der Waals surface area contributed by atoms with Crippen LogP contribution in [0.2, 0.25) is 0 Å². The predicted octanol–water partition coefficient (Wildman–Crippen LogP) is 5.98. The first-order valence-electron chi connectivity index (χ1n) is 11.1. The number of hydrogen-bond acceptors (Lipinski definition) is 3. The fourth-order valence-corrected chi connectivity index (χ4v) is 4.77. The van der Waals surface area contributed by atoms with E-state index in [1.165, 1.54) is 0 Å². The normalized spacial score (nSPS) is 15.3. The van der Waals surface area contributed by atoms with Gasteiger partial charge in [-0.3, -0.25) is 14.9 Å². The van der Waals surface area contributed by atoms with Crippen LogP contribution >= 0.6 is 15.9 Å². The topological polar surface area (TPSA) is 71.4 Å². The molecule has 0 radical (unpaired) electrons. The molecule has 5 rings (SSSR count). The lowest BCUT2D eigenvalue weighted by atomic mass is 10.1. The van der Waals surface area contributed by atoms with Gasteiger partial charge in [0, 0.05) is 21.2 Å². The Morgan fingerprint density at radius 3 is 2.40 bits per heavy atom. The van der Waals surface area contributed by atoms with Gasteiger partial charge in [0.2, 0.25) is 0 Å². The van der Waals surface area contributed by atoms with E-state index in [-0.39, 0.29) is 5.57 Å². The highest BCUT2D eigenvalue weighted by Gasteiger charge is 2.37. The molecule has 0 spiro atoms. The number of amides is 4. The van der Waals surface area contributed by atoms with Crippen LogP contribution in [0.3, 0.4) is 0 Å². The highest BCUT2D eigenvalue weighted by atomic mass is 79.9. The molecule has 1 fully saturated rings. The summed E-state index contributed by atoms with van der Waals surface area (Å²) in [5.74, 6) is -1.37. The number of aryl methyl sites for hydroxylation is 2. The Balaban J connectivity index is 1.60. The number of imide groups is 2. The number of barbiturate groups is 1. The lowest BCUT2D eigenvalue weighted by Gasteiger charge is -2.26. The average molecular weight is 528 g/mol. The second kappa shape index (κ2) is 8.67. The van der Waals surface area contributed by atoms with Gasteiger partial charge in [-0.15, -0.1) is 0 Å². The first kappa shape index (κ1) is 22.8. The van der Waals surface area contributed by atoms with Crippen molar-refractivity contribution in [2.24, 2.45) is 0 Å². The van der Waals surface area contributed by atoms with E-state index < -0.39 is 17.8 Å². The van der Waals surface area contributed by atoms with Crippen molar-refractivity contribution in [2.45, 2.75) is 20.8 Å². The summed E-state index contributed by atoms with van der Waals surface area (Å²) >= 11 is 3.43. The van der Waals surface area contributed by atoms with Crippen molar-refractivity contribution in [1.82, 2.24) is 9.88 Å². The van der Waals surface area contributed by atoms with Crippen molar-refractivity contribution in [3.05, 3.63) is 99.3 Å². The van der Waals surface area contributed by atoms with Gasteiger partial charge in [0.05, 0.1) is 11.4 Å². The van der Waals surface area contributed by atoms with Crippen LogP contribution in [0.1, 0.15) is 22.5 Å². The summed E-state index contributed by atoms with van der Waals surface area (Å²) in [5.41, 5.74) is 4.76. The average Bonchev–Trinajstić information content (AvgIpc) is 3.11. The van der Waals surface area contributed by atoms with Crippen LogP contribution in [0.5, 0.6) is 0 Å². The molecule has 0 bridgehead atoms. The number of nitrogens with one attached hydrogen (secondary N) is 1. The zero-order valence-corrected chi connectivity index (χ0v) is 21.0. The maximum atomic E-state index is 13.4. The molecular formula is C28H22BrN3O3. The minimum absolute atomic E-state index is 0.0941. The lowest BCUT2D eigenvalue weighted by molar-refractivity contribution is -0.122. The first-order chi connectivity index (χ1) is 16.8. The number of carbonyl (C=O) groups excluding carboxylic acids is 3. The molecule has 2 heterocycles. The van der Waals surface area contributed by atoms with Crippen LogP contribution in [0.25, 0.3) is 22.5 Å². The summed E-state index contributed by atoms with van der Waals surface area (Å²) in [5, 5.41) is 4.52. The molecule has 3 aromatic carbocycles. The van der Waals surface area contributed by atoms with Gasteiger partial charge in [-0.2, -0.15) is 0 Å². The molecule has 35 heavy (non-hydrogen) atoms. The van der Waals surface area contributed by atoms with Gasteiger partial charge in [-0.25, -0.2) is 9.69 Å². The second-order valence-electron chi connectivity index (χ2n) is 8.55. The fourth-order valence-electron chi connectivity index (χ4n) is 4.52. The molecule has 1 N–H and O–H groups in total. The maximum absolute atomic E-state index is 13.4. The van der Waals surface area contributed by atoms with Gasteiger partial charge in [-0.05, 0) is 73.7 Å². The van der Waals surface area contributed by atoms with Gasteiger partial charge in [-0.1, -0.05) is 52.3 Å². The van der Waals surface area contributed by atoms with Crippen molar-refractivity contribution in [3.8, 4) is 5.69 Å². The van der Waals surface area contributed by atoms with Crippen molar-refractivity contribution in [2.75, 3.05) is 4.90 Å². The van der Waals surface area contributed by atoms with E-state index in [2.05, 4.69) is 44.0 Å². The number of urea groups is 1. The summed E-state index contributed by atoms with van der Waals surface area (Å²) < 4.78 is 2.97. The molecular weight excluding hydrogens is 506 g/mol. The SMILES string of the molecule is Cc1cc(N2C(=O)NC(=O)/C(=C\c3cc(C)n(-c4cccc5ccccc45)c3C)C2=O)ccc1Br. The molecule has 1 aliphatic rings. The molecule has 0 atom stereocenters. The fraction of sp³-hybridized carbons (Fsp3) is 0.107. The van der Waals surface area contributed by atoms with Gasteiger partial charge >= 0.3 is 6.03 Å². The van der Waals surface area contributed by atoms with E-state index in [4.69, 9.17) is 0 Å². The lowest BCUT2D eigenvalue weighted by Crippen LogP contribution is -2.54. The number of hydrogen-bond donors (Lipinski definition) is 1. The number of fused-ring (bicyclic) bond motifs is 1. The van der Waals surface area contributed by atoms with Crippen molar-refractivity contribution >= 4 is 56.3 Å². The summed E-state index contributed by atoms with van der Waals surface area (Å²) in [6.45, 7) is 5.80. The van der Waals surface area contributed by atoms with E-state index >= 15 is 0 Å². The van der Waals surface area contributed by atoms with Crippen molar-refractivity contribution < 1.29 is 14.4 Å². The molecule has 4 aromatic rings. The zero-order chi connectivity index (χ0) is 24.9.